The van der Waals surface area contributed by atoms with Crippen LogP contribution < -0.4 is 10.1 Å². The highest BCUT2D eigenvalue weighted by Gasteiger charge is 2.18. The number of hydrogen-bond acceptors (Lipinski definition) is 4. The Morgan fingerprint density at radius 3 is 2.50 bits per heavy atom. The van der Waals surface area contributed by atoms with E-state index in [0.717, 1.165) is 11.1 Å². The Kier molecular flexibility index (Phi) is 6.81. The maximum atomic E-state index is 12.2. The second-order valence-electron chi connectivity index (χ2n) is 5.66. The Labute approximate surface area is 157 Å². The predicted octanol–water partition coefficient (Wildman–Crippen LogP) is 4.24. The first-order chi connectivity index (χ1) is 12.4. The zero-order chi connectivity index (χ0) is 19.1. The molecule has 5 nitrogen and oxygen atoms in total. The Morgan fingerprint density at radius 1 is 1.15 bits per heavy atom. The van der Waals surface area contributed by atoms with Crippen LogP contribution in [-0.2, 0) is 14.3 Å². The summed E-state index contributed by atoms with van der Waals surface area (Å²) in [4.78, 5) is 24.1. The minimum Gasteiger partial charge on any atom is -0.495 e. The van der Waals surface area contributed by atoms with E-state index in [9.17, 15) is 9.59 Å². The summed E-state index contributed by atoms with van der Waals surface area (Å²) < 4.78 is 10.3. The number of nitrogens with one attached hydrogen (secondary N) is 1. The van der Waals surface area contributed by atoms with Crippen molar-refractivity contribution >= 4 is 35.2 Å². The molecule has 0 aliphatic carbocycles. The van der Waals surface area contributed by atoms with Crippen LogP contribution in [0.25, 0.3) is 6.08 Å². The van der Waals surface area contributed by atoms with E-state index < -0.39 is 18.0 Å². The normalized spacial score (nSPS) is 11.8. The summed E-state index contributed by atoms with van der Waals surface area (Å²) >= 11 is 5.93. The molecule has 2 aromatic rings. The highest BCUT2D eigenvalue weighted by Crippen LogP contribution is 2.27. The summed E-state index contributed by atoms with van der Waals surface area (Å²) in [5.74, 6) is -0.630. The van der Waals surface area contributed by atoms with Crippen molar-refractivity contribution < 1.29 is 19.1 Å². The predicted molar refractivity (Wildman–Crippen MR) is 102 cm³/mol. The van der Waals surface area contributed by atoms with Crippen LogP contribution in [0.15, 0.2) is 48.5 Å². The zero-order valence-electron chi connectivity index (χ0n) is 14.8. The molecule has 136 valence electrons. The van der Waals surface area contributed by atoms with Crippen LogP contribution in [0.3, 0.4) is 0 Å². The largest absolute Gasteiger partial charge is 0.495 e. The molecule has 0 spiro atoms. The van der Waals surface area contributed by atoms with E-state index in [2.05, 4.69) is 5.32 Å². The fraction of sp³-hybridized carbons (Fsp3) is 0.200. The van der Waals surface area contributed by atoms with Crippen molar-refractivity contribution in [2.24, 2.45) is 0 Å². The van der Waals surface area contributed by atoms with E-state index in [1.807, 2.05) is 31.2 Å². The summed E-state index contributed by atoms with van der Waals surface area (Å²) in [7, 11) is 1.48. The SMILES string of the molecule is COc1ccc(Cl)cc1NC(=O)[C@@H](C)OC(=O)/C=C/c1ccc(C)cc1. The van der Waals surface area contributed by atoms with Crippen molar-refractivity contribution in [1.29, 1.82) is 0 Å². The van der Waals surface area contributed by atoms with E-state index in [1.54, 1.807) is 24.3 Å². The molecule has 0 radical (unpaired) electrons. The van der Waals surface area contributed by atoms with Gasteiger partial charge in [-0.3, -0.25) is 4.79 Å². The third-order valence-electron chi connectivity index (χ3n) is 3.57. The number of methoxy groups -OCH3 is 1. The number of amides is 1. The summed E-state index contributed by atoms with van der Waals surface area (Å²) in [6.07, 6.45) is 1.94. The van der Waals surface area contributed by atoms with Crippen molar-refractivity contribution in [1.82, 2.24) is 0 Å². The number of benzene rings is 2. The molecule has 0 aliphatic rings. The van der Waals surface area contributed by atoms with E-state index in [-0.39, 0.29) is 0 Å². The lowest BCUT2D eigenvalue weighted by molar-refractivity contribution is -0.148. The van der Waals surface area contributed by atoms with Gasteiger partial charge >= 0.3 is 5.97 Å². The summed E-state index contributed by atoms with van der Waals surface area (Å²) in [6, 6.07) is 12.5. The summed E-state index contributed by atoms with van der Waals surface area (Å²) in [5.41, 5.74) is 2.41. The Hall–Kier alpha value is -2.79. The van der Waals surface area contributed by atoms with Crippen molar-refractivity contribution in [2.45, 2.75) is 20.0 Å². The molecule has 2 rings (SSSR count). The lowest BCUT2D eigenvalue weighted by Gasteiger charge is -2.14. The average Bonchev–Trinajstić information content (AvgIpc) is 2.61. The molecule has 0 heterocycles. The number of halogens is 1. The number of ether oxygens (including phenoxy) is 2. The van der Waals surface area contributed by atoms with Gasteiger partial charge in [0, 0.05) is 11.1 Å². The monoisotopic (exact) mass is 373 g/mol. The van der Waals surface area contributed by atoms with Crippen molar-refractivity contribution in [3.8, 4) is 5.75 Å². The van der Waals surface area contributed by atoms with Gasteiger partial charge in [0.2, 0.25) is 0 Å². The van der Waals surface area contributed by atoms with Gasteiger partial charge in [-0.15, -0.1) is 0 Å². The lowest BCUT2D eigenvalue weighted by Crippen LogP contribution is -2.29. The molecule has 0 saturated heterocycles. The topological polar surface area (TPSA) is 64.6 Å². The smallest absolute Gasteiger partial charge is 0.331 e. The van der Waals surface area contributed by atoms with Crippen LogP contribution in [0.5, 0.6) is 5.75 Å². The molecular formula is C20H20ClNO4. The molecule has 1 N–H and O–H groups in total. The van der Waals surface area contributed by atoms with Crippen molar-refractivity contribution in [3.05, 3.63) is 64.7 Å². The Bertz CT molecular complexity index is 815. The minimum absolute atomic E-state index is 0.406. The van der Waals surface area contributed by atoms with Gasteiger partial charge in [-0.25, -0.2) is 4.79 Å². The zero-order valence-corrected chi connectivity index (χ0v) is 15.5. The first-order valence-electron chi connectivity index (χ1n) is 7.99. The number of carbonyl (C=O) groups is 2. The molecule has 26 heavy (non-hydrogen) atoms. The molecule has 6 heteroatoms. The first kappa shape index (κ1) is 19.5. The van der Waals surface area contributed by atoms with Crippen LogP contribution in [0.2, 0.25) is 5.02 Å². The number of carbonyl (C=O) groups excluding carboxylic acids is 2. The summed E-state index contributed by atoms with van der Waals surface area (Å²) in [6.45, 7) is 3.47. The van der Waals surface area contributed by atoms with E-state index in [1.165, 1.54) is 20.1 Å². The molecule has 0 saturated carbocycles. The van der Waals surface area contributed by atoms with Crippen LogP contribution in [0, 0.1) is 6.92 Å². The highest BCUT2D eigenvalue weighted by molar-refractivity contribution is 6.31. The standard InChI is InChI=1S/C20H20ClNO4/c1-13-4-6-15(7-5-13)8-11-19(23)26-14(2)20(24)22-17-12-16(21)9-10-18(17)25-3/h4-12,14H,1-3H3,(H,22,24)/b11-8+/t14-/m1/s1. The fourth-order valence-corrected chi connectivity index (χ4v) is 2.29. The van der Waals surface area contributed by atoms with Gasteiger partial charge in [-0.05, 0) is 43.7 Å². The minimum atomic E-state index is -0.978. The number of anilines is 1. The maximum Gasteiger partial charge on any atom is 0.331 e. The van der Waals surface area contributed by atoms with Gasteiger partial charge in [0.25, 0.3) is 5.91 Å². The quantitative estimate of drug-likeness (QED) is 0.607. The number of esters is 1. The van der Waals surface area contributed by atoms with Crippen molar-refractivity contribution in [2.75, 3.05) is 12.4 Å². The molecule has 0 bridgehead atoms. The van der Waals surface area contributed by atoms with Gasteiger partial charge in [0.1, 0.15) is 5.75 Å². The number of aryl methyl sites for hydroxylation is 1. The summed E-state index contributed by atoms with van der Waals surface area (Å²) in [5, 5.41) is 3.09. The van der Waals surface area contributed by atoms with Gasteiger partial charge in [-0.2, -0.15) is 0 Å². The number of rotatable bonds is 6. The highest BCUT2D eigenvalue weighted by atomic mass is 35.5. The van der Waals surface area contributed by atoms with Crippen LogP contribution in [-0.4, -0.2) is 25.1 Å². The molecule has 0 aliphatic heterocycles. The average molecular weight is 374 g/mol. The van der Waals surface area contributed by atoms with Crippen LogP contribution >= 0.6 is 11.6 Å². The molecule has 1 amide bonds. The van der Waals surface area contributed by atoms with Crippen LogP contribution in [0.1, 0.15) is 18.1 Å². The molecule has 0 aromatic heterocycles. The van der Waals surface area contributed by atoms with Crippen molar-refractivity contribution in [3.63, 3.8) is 0 Å². The van der Waals surface area contributed by atoms with Gasteiger partial charge < -0.3 is 14.8 Å². The van der Waals surface area contributed by atoms with Crippen LogP contribution in [0.4, 0.5) is 5.69 Å². The molecular weight excluding hydrogens is 354 g/mol. The fourth-order valence-electron chi connectivity index (χ4n) is 2.12. The third-order valence-corrected chi connectivity index (χ3v) is 3.81. The third kappa shape index (κ3) is 5.63. The van der Waals surface area contributed by atoms with Gasteiger partial charge in [-0.1, -0.05) is 41.4 Å². The molecule has 2 aromatic carbocycles. The maximum absolute atomic E-state index is 12.2. The van der Waals surface area contributed by atoms with Gasteiger partial charge in [0.15, 0.2) is 6.10 Å². The molecule has 0 unspecified atom stereocenters. The number of hydrogen-bond donors (Lipinski definition) is 1. The van der Waals surface area contributed by atoms with E-state index >= 15 is 0 Å². The van der Waals surface area contributed by atoms with Gasteiger partial charge in [0.05, 0.1) is 12.8 Å². The lowest BCUT2D eigenvalue weighted by atomic mass is 10.1. The van der Waals surface area contributed by atoms with E-state index in [4.69, 9.17) is 21.1 Å². The molecule has 0 fully saturated rings. The second-order valence-corrected chi connectivity index (χ2v) is 6.09. The second kappa shape index (κ2) is 9.06. The Morgan fingerprint density at radius 2 is 1.85 bits per heavy atom. The first-order valence-corrected chi connectivity index (χ1v) is 8.36. The molecule has 1 atom stereocenters. The van der Waals surface area contributed by atoms with E-state index in [0.29, 0.717) is 16.5 Å². The Balaban J connectivity index is 1.95.